The molecule has 1 heterocycles. The van der Waals surface area contributed by atoms with Crippen LogP contribution in [0.4, 0.5) is 0 Å². The van der Waals surface area contributed by atoms with Gasteiger partial charge in [0, 0.05) is 10.0 Å². The lowest BCUT2D eigenvalue weighted by Gasteiger charge is -2.12. The summed E-state index contributed by atoms with van der Waals surface area (Å²) in [6.45, 7) is 1.87. The van der Waals surface area contributed by atoms with Crippen LogP contribution in [-0.2, 0) is 0 Å². The van der Waals surface area contributed by atoms with Crippen LogP contribution < -0.4 is 0 Å². The summed E-state index contributed by atoms with van der Waals surface area (Å²) in [6.07, 6.45) is 0. The maximum atomic E-state index is 6.33. The Kier molecular flexibility index (Phi) is 4.06. The van der Waals surface area contributed by atoms with Crippen LogP contribution in [0.1, 0.15) is 18.1 Å². The number of halogens is 4. The molecule has 0 saturated carbocycles. The van der Waals surface area contributed by atoms with Gasteiger partial charge in [0.2, 0.25) is 0 Å². The third kappa shape index (κ3) is 2.74. The summed E-state index contributed by atoms with van der Waals surface area (Å²) in [7, 11) is 0. The van der Waals surface area contributed by atoms with Gasteiger partial charge in [-0.15, -0.1) is 11.6 Å². The molecule has 0 radical (unpaired) electrons. The Morgan fingerprint density at radius 2 is 1.67 bits per heavy atom. The first-order chi connectivity index (χ1) is 9.97. The fourth-order valence-corrected chi connectivity index (χ4v) is 3.06. The summed E-state index contributed by atoms with van der Waals surface area (Å²) >= 11 is 24.7. The van der Waals surface area contributed by atoms with Gasteiger partial charge in [-0.05, 0) is 43.3 Å². The number of benzene rings is 2. The summed E-state index contributed by atoms with van der Waals surface area (Å²) < 4.78 is 1.91. The predicted molar refractivity (Wildman–Crippen MR) is 90.4 cm³/mol. The standard InChI is InChI=1S/C15H10Cl4N2/c1-8(16)15-20-12-4-2-10(18)7-14(12)21(15)13-5-3-9(17)6-11(13)19/h2-8H,1H3. The van der Waals surface area contributed by atoms with Crippen LogP contribution in [-0.4, -0.2) is 9.55 Å². The van der Waals surface area contributed by atoms with Gasteiger partial charge in [-0.2, -0.15) is 0 Å². The summed E-state index contributed by atoms with van der Waals surface area (Å²) in [5, 5.41) is 1.46. The smallest absolute Gasteiger partial charge is 0.132 e. The van der Waals surface area contributed by atoms with Gasteiger partial charge in [-0.1, -0.05) is 34.8 Å². The SMILES string of the molecule is CC(Cl)c1nc2ccc(Cl)cc2n1-c1ccc(Cl)cc1Cl. The molecule has 0 N–H and O–H groups in total. The second kappa shape index (κ2) is 5.69. The molecule has 1 atom stereocenters. The zero-order chi connectivity index (χ0) is 15.1. The highest BCUT2D eigenvalue weighted by atomic mass is 35.5. The second-order valence-corrected chi connectivity index (χ2v) is 6.58. The van der Waals surface area contributed by atoms with Crippen molar-refractivity contribution in [3.63, 3.8) is 0 Å². The average Bonchev–Trinajstić information content (AvgIpc) is 2.77. The Hall–Kier alpha value is -0.930. The molecule has 0 aliphatic carbocycles. The number of aromatic nitrogens is 2. The minimum absolute atomic E-state index is 0.275. The first-order valence-corrected chi connectivity index (χ1v) is 7.82. The maximum Gasteiger partial charge on any atom is 0.132 e. The number of hydrogen-bond acceptors (Lipinski definition) is 1. The molecule has 0 spiro atoms. The van der Waals surface area contributed by atoms with Crippen molar-refractivity contribution in [3.8, 4) is 5.69 Å². The van der Waals surface area contributed by atoms with Crippen molar-refractivity contribution in [2.45, 2.75) is 12.3 Å². The van der Waals surface area contributed by atoms with Gasteiger partial charge in [0.1, 0.15) is 5.82 Å². The van der Waals surface area contributed by atoms with Crippen LogP contribution in [0.3, 0.4) is 0 Å². The van der Waals surface area contributed by atoms with E-state index in [0.717, 1.165) is 16.7 Å². The van der Waals surface area contributed by atoms with E-state index in [1.807, 2.05) is 29.7 Å². The molecule has 0 amide bonds. The van der Waals surface area contributed by atoms with Gasteiger partial charge in [-0.3, -0.25) is 4.57 Å². The molecule has 1 aromatic heterocycles. The summed E-state index contributed by atoms with van der Waals surface area (Å²) in [6, 6.07) is 10.8. The van der Waals surface area contributed by atoms with Gasteiger partial charge in [0.15, 0.2) is 0 Å². The number of hydrogen-bond donors (Lipinski definition) is 0. The molecule has 6 heteroatoms. The molecule has 2 aromatic carbocycles. The Morgan fingerprint density at radius 1 is 1.00 bits per heavy atom. The molecule has 3 rings (SSSR count). The van der Waals surface area contributed by atoms with Crippen LogP contribution >= 0.6 is 46.4 Å². The molecule has 0 fully saturated rings. The van der Waals surface area contributed by atoms with Crippen LogP contribution in [0, 0.1) is 0 Å². The average molecular weight is 360 g/mol. The summed E-state index contributed by atoms with van der Waals surface area (Å²) in [5.74, 6) is 0.707. The van der Waals surface area contributed by atoms with Crippen LogP contribution in [0.2, 0.25) is 15.1 Å². The van der Waals surface area contributed by atoms with Gasteiger partial charge in [0.05, 0.1) is 27.1 Å². The minimum Gasteiger partial charge on any atom is -0.293 e. The van der Waals surface area contributed by atoms with Crippen LogP contribution in [0.5, 0.6) is 0 Å². The van der Waals surface area contributed by atoms with E-state index in [-0.39, 0.29) is 5.38 Å². The van der Waals surface area contributed by atoms with Crippen molar-refractivity contribution in [2.24, 2.45) is 0 Å². The Labute approximate surface area is 142 Å². The molecule has 0 aliphatic heterocycles. The molecule has 108 valence electrons. The Balaban J connectivity index is 2.38. The second-order valence-electron chi connectivity index (χ2n) is 4.65. The quantitative estimate of drug-likeness (QED) is 0.492. The van der Waals surface area contributed by atoms with E-state index < -0.39 is 0 Å². The highest BCUT2D eigenvalue weighted by molar-refractivity contribution is 6.36. The van der Waals surface area contributed by atoms with Crippen LogP contribution in [0.25, 0.3) is 16.7 Å². The van der Waals surface area contributed by atoms with Crippen molar-refractivity contribution in [1.29, 1.82) is 0 Å². The molecule has 0 aliphatic rings. The molecule has 0 saturated heterocycles. The maximum absolute atomic E-state index is 6.33. The fourth-order valence-electron chi connectivity index (χ4n) is 2.25. The van der Waals surface area contributed by atoms with E-state index in [0.29, 0.717) is 20.9 Å². The third-order valence-corrected chi connectivity index (χ3v) is 4.12. The Bertz CT molecular complexity index is 824. The molecule has 3 aromatic rings. The molecule has 2 nitrogen and oxygen atoms in total. The van der Waals surface area contributed by atoms with Gasteiger partial charge in [0.25, 0.3) is 0 Å². The van der Waals surface area contributed by atoms with Crippen molar-refractivity contribution < 1.29 is 0 Å². The van der Waals surface area contributed by atoms with E-state index in [9.17, 15) is 0 Å². The van der Waals surface area contributed by atoms with Crippen LogP contribution in [0.15, 0.2) is 36.4 Å². The zero-order valence-corrected chi connectivity index (χ0v) is 14.0. The highest BCUT2D eigenvalue weighted by Crippen LogP contribution is 2.33. The molecule has 21 heavy (non-hydrogen) atoms. The molecule has 0 bridgehead atoms. The molecular weight excluding hydrogens is 350 g/mol. The number of imidazole rings is 1. The number of nitrogens with zero attached hydrogens (tertiary/aromatic N) is 2. The highest BCUT2D eigenvalue weighted by Gasteiger charge is 2.18. The number of rotatable bonds is 2. The van der Waals surface area contributed by atoms with Gasteiger partial charge >= 0.3 is 0 Å². The van der Waals surface area contributed by atoms with Crippen molar-refractivity contribution in [1.82, 2.24) is 9.55 Å². The fraction of sp³-hybridized carbons (Fsp3) is 0.133. The first kappa shape index (κ1) is 15.0. The zero-order valence-electron chi connectivity index (χ0n) is 10.9. The van der Waals surface area contributed by atoms with Crippen molar-refractivity contribution in [2.75, 3.05) is 0 Å². The van der Waals surface area contributed by atoms with E-state index in [1.165, 1.54) is 0 Å². The predicted octanol–water partition coefficient (Wildman–Crippen LogP) is 6.29. The normalized spacial score (nSPS) is 12.8. The molecular formula is C15H10Cl4N2. The molecule has 1 unspecified atom stereocenters. The van der Waals surface area contributed by atoms with Gasteiger partial charge < -0.3 is 0 Å². The topological polar surface area (TPSA) is 17.8 Å². The van der Waals surface area contributed by atoms with E-state index in [1.54, 1.807) is 18.2 Å². The summed E-state index contributed by atoms with van der Waals surface area (Å²) in [4.78, 5) is 4.57. The van der Waals surface area contributed by atoms with E-state index >= 15 is 0 Å². The monoisotopic (exact) mass is 358 g/mol. The number of alkyl halides is 1. The Morgan fingerprint density at radius 3 is 2.33 bits per heavy atom. The van der Waals surface area contributed by atoms with E-state index in [2.05, 4.69) is 4.98 Å². The lowest BCUT2D eigenvalue weighted by molar-refractivity contribution is 0.883. The first-order valence-electron chi connectivity index (χ1n) is 6.25. The third-order valence-electron chi connectivity index (χ3n) is 3.15. The summed E-state index contributed by atoms with van der Waals surface area (Å²) in [5.41, 5.74) is 2.44. The largest absolute Gasteiger partial charge is 0.293 e. The van der Waals surface area contributed by atoms with Crippen molar-refractivity contribution >= 4 is 57.4 Å². The lowest BCUT2D eigenvalue weighted by atomic mass is 10.2. The van der Waals surface area contributed by atoms with Gasteiger partial charge in [-0.25, -0.2) is 4.98 Å². The van der Waals surface area contributed by atoms with E-state index in [4.69, 9.17) is 46.4 Å². The number of fused-ring (bicyclic) bond motifs is 1. The lowest BCUT2D eigenvalue weighted by Crippen LogP contribution is -2.02. The van der Waals surface area contributed by atoms with Crippen molar-refractivity contribution in [3.05, 3.63) is 57.3 Å². The minimum atomic E-state index is -0.275.